The zero-order valence-electron chi connectivity index (χ0n) is 7.83. The maximum atomic E-state index is 13.0. The van der Waals surface area contributed by atoms with E-state index in [2.05, 4.69) is 0 Å². The molecule has 3 heteroatoms. The van der Waals surface area contributed by atoms with E-state index >= 15 is 0 Å². The summed E-state index contributed by atoms with van der Waals surface area (Å²) in [5, 5.41) is 18.1. The maximum absolute atomic E-state index is 13.0. The molecule has 2 rings (SSSR count). The Morgan fingerprint density at radius 1 is 1.36 bits per heavy atom. The summed E-state index contributed by atoms with van der Waals surface area (Å²) in [5.41, 5.74) is 0.829. The zero-order valence-corrected chi connectivity index (χ0v) is 7.83. The monoisotopic (exact) mass is 196 g/mol. The van der Waals surface area contributed by atoms with E-state index in [9.17, 15) is 4.39 Å². The SMILES string of the molecule is OCC1(Cc2ccc(O)c(F)c2)CC1. The van der Waals surface area contributed by atoms with E-state index < -0.39 is 5.82 Å². The Hall–Kier alpha value is -1.09. The van der Waals surface area contributed by atoms with Crippen molar-refractivity contribution in [3.05, 3.63) is 29.6 Å². The van der Waals surface area contributed by atoms with Crippen molar-refractivity contribution >= 4 is 0 Å². The summed E-state index contributed by atoms with van der Waals surface area (Å²) in [7, 11) is 0. The highest BCUT2D eigenvalue weighted by Crippen LogP contribution is 2.47. The van der Waals surface area contributed by atoms with Crippen molar-refractivity contribution in [3.63, 3.8) is 0 Å². The number of aliphatic hydroxyl groups excluding tert-OH is 1. The van der Waals surface area contributed by atoms with Crippen LogP contribution in [0.2, 0.25) is 0 Å². The first kappa shape index (κ1) is 9.46. The molecular formula is C11H13FO2. The maximum Gasteiger partial charge on any atom is 0.165 e. The average molecular weight is 196 g/mol. The predicted molar refractivity (Wildman–Crippen MR) is 50.5 cm³/mol. The van der Waals surface area contributed by atoms with Crippen LogP contribution < -0.4 is 0 Å². The van der Waals surface area contributed by atoms with Gasteiger partial charge in [0.2, 0.25) is 0 Å². The molecule has 0 heterocycles. The number of aliphatic hydroxyl groups is 1. The molecule has 1 aromatic carbocycles. The normalized spacial score (nSPS) is 18.1. The summed E-state index contributed by atoms with van der Waals surface area (Å²) < 4.78 is 13.0. The van der Waals surface area contributed by atoms with Crippen molar-refractivity contribution in [1.29, 1.82) is 0 Å². The summed E-state index contributed by atoms with van der Waals surface area (Å²) in [6.07, 6.45) is 2.71. The highest BCUT2D eigenvalue weighted by molar-refractivity contribution is 5.29. The van der Waals surface area contributed by atoms with Gasteiger partial charge in [-0.05, 0) is 42.4 Å². The van der Waals surface area contributed by atoms with E-state index in [0.29, 0.717) is 6.42 Å². The summed E-state index contributed by atoms with van der Waals surface area (Å²) in [6, 6.07) is 4.40. The first-order valence-corrected chi connectivity index (χ1v) is 4.73. The number of hydrogen-bond donors (Lipinski definition) is 2. The molecule has 1 aliphatic rings. The van der Waals surface area contributed by atoms with Crippen molar-refractivity contribution in [2.24, 2.45) is 5.41 Å². The highest BCUT2D eigenvalue weighted by atomic mass is 19.1. The van der Waals surface area contributed by atoms with Gasteiger partial charge in [0.05, 0.1) is 0 Å². The molecule has 1 aliphatic carbocycles. The van der Waals surface area contributed by atoms with Crippen molar-refractivity contribution in [3.8, 4) is 5.75 Å². The topological polar surface area (TPSA) is 40.5 Å². The average Bonchev–Trinajstić information content (AvgIpc) is 2.93. The number of rotatable bonds is 3. The first-order chi connectivity index (χ1) is 6.65. The summed E-state index contributed by atoms with van der Waals surface area (Å²) in [6.45, 7) is 0.162. The first-order valence-electron chi connectivity index (χ1n) is 4.73. The fraction of sp³-hybridized carbons (Fsp3) is 0.455. The lowest BCUT2D eigenvalue weighted by molar-refractivity contribution is 0.211. The molecule has 0 bridgehead atoms. The number of phenols is 1. The van der Waals surface area contributed by atoms with Crippen LogP contribution in [0.4, 0.5) is 4.39 Å². The third-order valence-electron chi connectivity index (χ3n) is 2.88. The van der Waals surface area contributed by atoms with Crippen LogP contribution in [0.25, 0.3) is 0 Å². The van der Waals surface area contributed by atoms with Crippen molar-refractivity contribution in [1.82, 2.24) is 0 Å². The number of benzene rings is 1. The third-order valence-corrected chi connectivity index (χ3v) is 2.88. The van der Waals surface area contributed by atoms with E-state index in [1.165, 1.54) is 12.1 Å². The number of halogens is 1. The van der Waals surface area contributed by atoms with Gasteiger partial charge in [0.15, 0.2) is 11.6 Å². The second-order valence-corrected chi connectivity index (χ2v) is 4.12. The van der Waals surface area contributed by atoms with Crippen LogP contribution in [0.15, 0.2) is 18.2 Å². The van der Waals surface area contributed by atoms with Gasteiger partial charge in [-0.25, -0.2) is 4.39 Å². The van der Waals surface area contributed by atoms with Gasteiger partial charge in [0.1, 0.15) is 0 Å². The van der Waals surface area contributed by atoms with E-state index in [1.54, 1.807) is 6.07 Å². The predicted octanol–water partition coefficient (Wildman–Crippen LogP) is 1.85. The quantitative estimate of drug-likeness (QED) is 0.774. The molecule has 1 aromatic rings. The Kier molecular flexibility index (Phi) is 2.19. The zero-order chi connectivity index (χ0) is 10.2. The Balaban J connectivity index is 2.14. The van der Waals surface area contributed by atoms with Crippen molar-refractivity contribution < 1.29 is 14.6 Å². The van der Waals surface area contributed by atoms with Crippen LogP contribution in [-0.2, 0) is 6.42 Å². The van der Waals surface area contributed by atoms with Crippen LogP contribution in [-0.4, -0.2) is 16.8 Å². The number of phenolic OH excluding ortho intramolecular Hbond substituents is 1. The molecule has 0 spiro atoms. The molecule has 1 fully saturated rings. The molecule has 0 aromatic heterocycles. The van der Waals surface area contributed by atoms with Crippen molar-refractivity contribution in [2.45, 2.75) is 19.3 Å². The summed E-state index contributed by atoms with van der Waals surface area (Å²) in [5.74, 6) is -0.904. The Bertz CT molecular complexity index is 345. The van der Waals surface area contributed by atoms with Gasteiger partial charge in [-0.1, -0.05) is 6.07 Å². The fourth-order valence-corrected chi connectivity index (χ4v) is 1.66. The van der Waals surface area contributed by atoms with Gasteiger partial charge >= 0.3 is 0 Å². The van der Waals surface area contributed by atoms with Gasteiger partial charge in [-0.2, -0.15) is 0 Å². The van der Waals surface area contributed by atoms with Gasteiger partial charge < -0.3 is 10.2 Å². The fourth-order valence-electron chi connectivity index (χ4n) is 1.66. The number of aromatic hydroxyl groups is 1. The molecule has 14 heavy (non-hydrogen) atoms. The van der Waals surface area contributed by atoms with Crippen LogP contribution in [0.1, 0.15) is 18.4 Å². The van der Waals surface area contributed by atoms with Crippen LogP contribution in [0, 0.1) is 11.2 Å². The van der Waals surface area contributed by atoms with Gasteiger partial charge in [0, 0.05) is 6.61 Å². The van der Waals surface area contributed by atoms with E-state index in [1.807, 2.05) is 0 Å². The smallest absolute Gasteiger partial charge is 0.165 e. The molecule has 0 amide bonds. The summed E-state index contributed by atoms with van der Waals surface area (Å²) in [4.78, 5) is 0. The van der Waals surface area contributed by atoms with E-state index in [-0.39, 0.29) is 17.8 Å². The molecule has 0 radical (unpaired) electrons. The van der Waals surface area contributed by atoms with E-state index in [4.69, 9.17) is 10.2 Å². The highest BCUT2D eigenvalue weighted by Gasteiger charge is 2.41. The third kappa shape index (κ3) is 1.73. The molecule has 0 atom stereocenters. The van der Waals surface area contributed by atoms with Crippen LogP contribution >= 0.6 is 0 Å². The minimum Gasteiger partial charge on any atom is -0.505 e. The lowest BCUT2D eigenvalue weighted by Crippen LogP contribution is -2.10. The largest absolute Gasteiger partial charge is 0.505 e. The van der Waals surface area contributed by atoms with E-state index in [0.717, 1.165) is 18.4 Å². The Morgan fingerprint density at radius 3 is 2.57 bits per heavy atom. The molecule has 0 saturated heterocycles. The molecule has 0 unspecified atom stereocenters. The standard InChI is InChI=1S/C11H13FO2/c12-9-5-8(1-2-10(9)14)6-11(7-13)3-4-11/h1-2,5,13-14H,3-4,6-7H2. The Morgan fingerprint density at radius 2 is 2.07 bits per heavy atom. The van der Waals surface area contributed by atoms with Gasteiger partial charge in [-0.15, -0.1) is 0 Å². The number of hydrogen-bond acceptors (Lipinski definition) is 2. The lowest BCUT2D eigenvalue weighted by Gasteiger charge is -2.11. The molecule has 2 N–H and O–H groups in total. The van der Waals surface area contributed by atoms with Crippen molar-refractivity contribution in [2.75, 3.05) is 6.61 Å². The second-order valence-electron chi connectivity index (χ2n) is 4.12. The van der Waals surface area contributed by atoms with Crippen LogP contribution in [0.3, 0.4) is 0 Å². The molecule has 2 nitrogen and oxygen atoms in total. The summed E-state index contributed by atoms with van der Waals surface area (Å²) >= 11 is 0. The molecular weight excluding hydrogens is 183 g/mol. The lowest BCUT2D eigenvalue weighted by atomic mass is 9.97. The Labute approximate surface area is 82.0 Å². The van der Waals surface area contributed by atoms with Gasteiger partial charge in [-0.3, -0.25) is 0 Å². The minimum absolute atomic E-state index is 0.0105. The molecule has 1 saturated carbocycles. The molecule has 0 aliphatic heterocycles. The second kappa shape index (κ2) is 3.24. The minimum atomic E-state index is -0.587. The van der Waals surface area contributed by atoms with Crippen LogP contribution in [0.5, 0.6) is 5.75 Å². The molecule has 76 valence electrons. The van der Waals surface area contributed by atoms with Gasteiger partial charge in [0.25, 0.3) is 0 Å².